The highest BCUT2D eigenvalue weighted by atomic mass is 35.5. The number of nitrogens with two attached hydrogens (primary N) is 1. The smallest absolute Gasteiger partial charge is 0.220 e. The van der Waals surface area contributed by atoms with E-state index in [4.69, 9.17) is 10.2 Å². The number of nitrogen functional groups attached to an aromatic ring is 1. The van der Waals surface area contributed by atoms with Crippen molar-refractivity contribution in [2.75, 3.05) is 5.73 Å². The highest BCUT2D eigenvalue weighted by Gasteiger charge is 1.96. The van der Waals surface area contributed by atoms with Gasteiger partial charge < -0.3 is 10.2 Å². The average molecular weight is 172 g/mol. The summed E-state index contributed by atoms with van der Waals surface area (Å²) in [6.07, 6.45) is 3.11. The van der Waals surface area contributed by atoms with Crippen LogP contribution in [0.25, 0.3) is 11.1 Å². The number of fused-ring (bicyclic) bond motifs is 1. The molecule has 0 aliphatic heterocycles. The fraction of sp³-hybridized carbons (Fsp3) is 0. The second-order valence-corrected chi connectivity index (χ2v) is 1.90. The minimum atomic E-state index is 0. The lowest BCUT2D eigenvalue weighted by atomic mass is 10.5. The van der Waals surface area contributed by atoms with Crippen LogP contribution in [-0.4, -0.2) is 9.97 Å². The summed E-state index contributed by atoms with van der Waals surface area (Å²) in [5.41, 5.74) is 6.72. The van der Waals surface area contributed by atoms with E-state index in [1.807, 2.05) is 0 Å². The Morgan fingerprint density at radius 2 is 2.27 bits per heavy atom. The molecular weight excluding hydrogens is 166 g/mol. The van der Waals surface area contributed by atoms with Crippen LogP contribution in [0.3, 0.4) is 0 Å². The van der Waals surface area contributed by atoms with Crippen LogP contribution in [0, 0.1) is 0 Å². The van der Waals surface area contributed by atoms with Crippen molar-refractivity contribution in [3.05, 3.63) is 18.5 Å². The molecule has 2 aromatic rings. The number of halogens is 1. The van der Waals surface area contributed by atoms with E-state index in [0.29, 0.717) is 5.58 Å². The highest BCUT2D eigenvalue weighted by molar-refractivity contribution is 5.85. The molecule has 0 aliphatic rings. The number of nitrogens with zero attached hydrogens (tertiary/aromatic N) is 2. The molecule has 0 radical (unpaired) electrons. The van der Waals surface area contributed by atoms with Gasteiger partial charge in [-0.05, 0) is 0 Å². The third-order valence-electron chi connectivity index (χ3n) is 1.22. The second-order valence-electron chi connectivity index (χ2n) is 1.90. The van der Waals surface area contributed by atoms with Gasteiger partial charge in [-0.15, -0.1) is 12.4 Å². The van der Waals surface area contributed by atoms with E-state index >= 15 is 0 Å². The predicted octanol–water partition coefficient (Wildman–Crippen LogP) is 1.23. The summed E-state index contributed by atoms with van der Waals surface area (Å²) in [6.45, 7) is 0. The summed E-state index contributed by atoms with van der Waals surface area (Å²) in [5.74, 6) is 0.272. The summed E-state index contributed by atoms with van der Waals surface area (Å²) in [5, 5.41) is 0. The van der Waals surface area contributed by atoms with Crippen LogP contribution in [0.1, 0.15) is 0 Å². The van der Waals surface area contributed by atoms with Crippen LogP contribution >= 0.6 is 12.4 Å². The van der Waals surface area contributed by atoms with Crippen LogP contribution in [0.2, 0.25) is 0 Å². The van der Waals surface area contributed by atoms with E-state index in [0.717, 1.165) is 5.52 Å². The van der Waals surface area contributed by atoms with E-state index in [-0.39, 0.29) is 18.4 Å². The maximum Gasteiger partial charge on any atom is 0.220 e. The van der Waals surface area contributed by atoms with E-state index in [1.54, 1.807) is 18.5 Å². The number of rotatable bonds is 0. The van der Waals surface area contributed by atoms with Gasteiger partial charge in [0, 0.05) is 6.07 Å². The molecule has 2 heterocycles. The van der Waals surface area contributed by atoms with Gasteiger partial charge in [0.15, 0.2) is 5.58 Å². The van der Waals surface area contributed by atoms with E-state index < -0.39 is 0 Å². The van der Waals surface area contributed by atoms with Crippen LogP contribution < -0.4 is 5.73 Å². The molecule has 0 atom stereocenters. The summed E-state index contributed by atoms with van der Waals surface area (Å²) in [7, 11) is 0. The van der Waals surface area contributed by atoms with Crippen molar-refractivity contribution < 1.29 is 4.42 Å². The molecule has 0 spiro atoms. The summed E-state index contributed by atoms with van der Waals surface area (Å²) >= 11 is 0. The van der Waals surface area contributed by atoms with Crippen molar-refractivity contribution in [1.82, 2.24) is 9.97 Å². The highest BCUT2D eigenvalue weighted by Crippen LogP contribution is 2.10. The third-order valence-corrected chi connectivity index (χ3v) is 1.22. The first-order valence-electron chi connectivity index (χ1n) is 2.82. The van der Waals surface area contributed by atoms with Crippen molar-refractivity contribution in [1.29, 1.82) is 0 Å². The Kier molecular flexibility index (Phi) is 1.96. The van der Waals surface area contributed by atoms with Gasteiger partial charge in [-0.3, -0.25) is 0 Å². The van der Waals surface area contributed by atoms with Crippen LogP contribution in [0.15, 0.2) is 22.9 Å². The van der Waals surface area contributed by atoms with Gasteiger partial charge in [0.2, 0.25) is 5.95 Å². The Balaban J connectivity index is 0.000000605. The van der Waals surface area contributed by atoms with Gasteiger partial charge in [-0.25, -0.2) is 9.97 Å². The first-order valence-corrected chi connectivity index (χ1v) is 2.82. The van der Waals surface area contributed by atoms with Gasteiger partial charge in [0.1, 0.15) is 5.52 Å². The van der Waals surface area contributed by atoms with E-state index in [9.17, 15) is 0 Å². The molecule has 0 aliphatic carbocycles. The molecule has 2 aromatic heterocycles. The predicted molar refractivity (Wildman–Crippen MR) is 43.5 cm³/mol. The van der Waals surface area contributed by atoms with Crippen molar-refractivity contribution in [3.8, 4) is 0 Å². The second kappa shape index (κ2) is 2.75. The molecule has 0 saturated carbocycles. The molecule has 5 heteroatoms. The number of hydrogen-bond donors (Lipinski definition) is 1. The maximum absolute atomic E-state index is 5.32. The lowest BCUT2D eigenvalue weighted by Crippen LogP contribution is -1.91. The van der Waals surface area contributed by atoms with Crippen LogP contribution in [0.4, 0.5) is 5.95 Å². The topological polar surface area (TPSA) is 64.9 Å². The molecule has 0 saturated heterocycles. The molecule has 2 rings (SSSR count). The zero-order chi connectivity index (χ0) is 6.97. The van der Waals surface area contributed by atoms with Gasteiger partial charge in [0.25, 0.3) is 0 Å². The number of hydrogen-bond acceptors (Lipinski definition) is 4. The normalized spacial score (nSPS) is 9.45. The van der Waals surface area contributed by atoms with Crippen molar-refractivity contribution in [3.63, 3.8) is 0 Å². The summed E-state index contributed by atoms with van der Waals surface area (Å²) in [6, 6.07) is 1.74. The fourth-order valence-corrected chi connectivity index (χ4v) is 0.780. The van der Waals surface area contributed by atoms with Crippen molar-refractivity contribution in [2.24, 2.45) is 0 Å². The molecular formula is C6H6ClN3O. The molecule has 58 valence electrons. The first kappa shape index (κ1) is 7.81. The SMILES string of the molecule is Cl.Nc1ncc2occc2n1. The number of aromatic nitrogens is 2. The van der Waals surface area contributed by atoms with Crippen LogP contribution in [-0.2, 0) is 0 Å². The molecule has 0 aromatic carbocycles. The zero-order valence-corrected chi connectivity index (χ0v) is 6.34. The largest absolute Gasteiger partial charge is 0.461 e. The Hall–Kier alpha value is -1.29. The molecule has 2 N–H and O–H groups in total. The quantitative estimate of drug-likeness (QED) is 0.648. The van der Waals surface area contributed by atoms with Gasteiger partial charge in [-0.1, -0.05) is 0 Å². The molecule has 0 fully saturated rings. The lowest BCUT2D eigenvalue weighted by Gasteiger charge is -1.87. The zero-order valence-electron chi connectivity index (χ0n) is 5.52. The number of furan rings is 1. The molecule has 0 unspecified atom stereocenters. The minimum Gasteiger partial charge on any atom is -0.461 e. The molecule has 11 heavy (non-hydrogen) atoms. The summed E-state index contributed by atoms with van der Waals surface area (Å²) < 4.78 is 4.99. The van der Waals surface area contributed by atoms with Gasteiger partial charge in [-0.2, -0.15) is 0 Å². The fourth-order valence-electron chi connectivity index (χ4n) is 0.780. The standard InChI is InChI=1S/C6H5N3O.ClH/c7-6-8-3-5-4(9-6)1-2-10-5;/h1-3H,(H2,7,8,9);1H. The van der Waals surface area contributed by atoms with Gasteiger partial charge >= 0.3 is 0 Å². The van der Waals surface area contributed by atoms with E-state index in [2.05, 4.69) is 9.97 Å². The molecule has 0 amide bonds. The Labute approximate surface area is 68.8 Å². The van der Waals surface area contributed by atoms with Crippen molar-refractivity contribution >= 4 is 29.5 Å². The number of anilines is 1. The average Bonchev–Trinajstić information content (AvgIpc) is 2.33. The lowest BCUT2D eigenvalue weighted by molar-refractivity contribution is 0.614. The Bertz CT molecular complexity index is 359. The Morgan fingerprint density at radius 1 is 1.45 bits per heavy atom. The summed E-state index contributed by atoms with van der Waals surface area (Å²) in [4.78, 5) is 7.66. The molecule has 0 bridgehead atoms. The molecule has 4 nitrogen and oxygen atoms in total. The van der Waals surface area contributed by atoms with Crippen molar-refractivity contribution in [2.45, 2.75) is 0 Å². The Morgan fingerprint density at radius 3 is 3.09 bits per heavy atom. The van der Waals surface area contributed by atoms with Crippen LogP contribution in [0.5, 0.6) is 0 Å². The minimum absolute atomic E-state index is 0. The van der Waals surface area contributed by atoms with Gasteiger partial charge in [0.05, 0.1) is 12.5 Å². The maximum atomic E-state index is 5.32. The first-order chi connectivity index (χ1) is 4.86. The third kappa shape index (κ3) is 1.25. The monoisotopic (exact) mass is 171 g/mol. The van der Waals surface area contributed by atoms with E-state index in [1.165, 1.54) is 0 Å².